The van der Waals surface area contributed by atoms with E-state index in [4.69, 9.17) is 11.6 Å². The first-order valence-corrected chi connectivity index (χ1v) is 11.7. The highest BCUT2D eigenvalue weighted by Gasteiger charge is 2.28. The van der Waals surface area contributed by atoms with Gasteiger partial charge in [-0.25, -0.2) is 13.4 Å². The molecule has 0 atom stereocenters. The smallest absolute Gasteiger partial charge is 0.251 e. The number of sulfonamides is 1. The van der Waals surface area contributed by atoms with Gasteiger partial charge in [0.1, 0.15) is 5.65 Å². The number of fused-ring (bicyclic) bond motifs is 1. The summed E-state index contributed by atoms with van der Waals surface area (Å²) < 4.78 is 29.4. The van der Waals surface area contributed by atoms with Crippen LogP contribution < -0.4 is 5.32 Å². The molecule has 1 saturated heterocycles. The predicted molar refractivity (Wildman–Crippen MR) is 115 cm³/mol. The number of pyridine rings is 1. The van der Waals surface area contributed by atoms with E-state index in [-0.39, 0.29) is 17.3 Å². The molecule has 1 aromatic carbocycles. The van der Waals surface area contributed by atoms with Crippen LogP contribution in [-0.4, -0.2) is 41.1 Å². The Bertz CT molecular complexity index is 1200. The van der Waals surface area contributed by atoms with Crippen LogP contribution in [0, 0.1) is 6.92 Å². The van der Waals surface area contributed by atoms with Crippen LogP contribution in [0.5, 0.6) is 0 Å². The van der Waals surface area contributed by atoms with Crippen molar-refractivity contribution in [3.8, 4) is 0 Å². The van der Waals surface area contributed by atoms with E-state index in [1.807, 2.05) is 0 Å². The normalized spacial score (nSPS) is 15.4. The van der Waals surface area contributed by atoms with Gasteiger partial charge in [-0.15, -0.1) is 0 Å². The highest BCUT2D eigenvalue weighted by Crippen LogP contribution is 2.24. The standard InChI is InChI=1S/C21H23ClN4O3S/c1-15-5-6-16(11-19(15)30(28,29)26-9-3-2-4-10-26)21(27)23-12-18-14-25-13-17(22)7-8-20(25)24-18/h5-8,11,13-14H,2-4,9-10,12H2,1H3,(H,23,27). The van der Waals surface area contributed by atoms with E-state index in [1.165, 1.54) is 10.4 Å². The molecule has 30 heavy (non-hydrogen) atoms. The number of nitrogens with one attached hydrogen (secondary N) is 1. The number of piperidine rings is 1. The summed E-state index contributed by atoms with van der Waals surface area (Å²) in [6, 6.07) is 8.34. The van der Waals surface area contributed by atoms with Crippen LogP contribution in [0.25, 0.3) is 5.65 Å². The van der Waals surface area contributed by atoms with Crippen molar-refractivity contribution < 1.29 is 13.2 Å². The zero-order chi connectivity index (χ0) is 21.3. The Hall–Kier alpha value is -2.42. The van der Waals surface area contributed by atoms with Crippen molar-refractivity contribution >= 4 is 33.2 Å². The minimum atomic E-state index is -3.61. The molecule has 1 aliphatic heterocycles. The number of imidazole rings is 1. The zero-order valence-corrected chi connectivity index (χ0v) is 18.2. The Morgan fingerprint density at radius 1 is 1.13 bits per heavy atom. The van der Waals surface area contributed by atoms with Crippen LogP contribution in [0.3, 0.4) is 0 Å². The number of rotatable bonds is 5. The van der Waals surface area contributed by atoms with Crippen LogP contribution in [0.15, 0.2) is 47.6 Å². The van der Waals surface area contributed by atoms with Crippen molar-refractivity contribution in [2.24, 2.45) is 0 Å². The molecule has 3 aromatic rings. The summed E-state index contributed by atoms with van der Waals surface area (Å²) in [6.45, 7) is 3.02. The van der Waals surface area contributed by atoms with Gasteiger partial charge in [-0.2, -0.15) is 4.31 Å². The highest BCUT2D eigenvalue weighted by atomic mass is 35.5. The number of carbonyl (C=O) groups excluding carboxylic acids is 1. The lowest BCUT2D eigenvalue weighted by atomic mass is 10.1. The lowest BCUT2D eigenvalue weighted by Crippen LogP contribution is -2.36. The molecule has 0 aliphatic carbocycles. The summed E-state index contributed by atoms with van der Waals surface area (Å²) in [5.41, 5.74) is 2.35. The van der Waals surface area contributed by atoms with Gasteiger partial charge >= 0.3 is 0 Å². The summed E-state index contributed by atoms with van der Waals surface area (Å²) in [7, 11) is -3.61. The molecule has 0 unspecified atom stereocenters. The van der Waals surface area contributed by atoms with Gasteiger partial charge in [0.05, 0.1) is 22.2 Å². The maximum absolute atomic E-state index is 13.1. The monoisotopic (exact) mass is 446 g/mol. The van der Waals surface area contributed by atoms with E-state index in [1.54, 1.807) is 48.0 Å². The molecule has 0 radical (unpaired) electrons. The third-order valence-electron chi connectivity index (χ3n) is 5.28. The first-order valence-electron chi connectivity index (χ1n) is 9.87. The van der Waals surface area contributed by atoms with Crippen molar-refractivity contribution in [3.05, 3.63) is 64.6 Å². The van der Waals surface area contributed by atoms with Crippen LogP contribution >= 0.6 is 11.6 Å². The molecule has 1 aliphatic rings. The van der Waals surface area contributed by atoms with Crippen molar-refractivity contribution in [2.45, 2.75) is 37.6 Å². The van der Waals surface area contributed by atoms with Gasteiger partial charge in [0.15, 0.2) is 0 Å². The molecule has 4 rings (SSSR count). The zero-order valence-electron chi connectivity index (χ0n) is 16.6. The van der Waals surface area contributed by atoms with Crippen LogP contribution in [-0.2, 0) is 16.6 Å². The van der Waals surface area contributed by atoms with Gasteiger partial charge in [-0.05, 0) is 49.6 Å². The average Bonchev–Trinajstić information content (AvgIpc) is 3.15. The second kappa shape index (κ2) is 8.37. The minimum Gasteiger partial charge on any atom is -0.346 e. The van der Waals surface area contributed by atoms with Crippen LogP contribution in [0.4, 0.5) is 0 Å². The number of aryl methyl sites for hydroxylation is 1. The van der Waals surface area contributed by atoms with Crippen molar-refractivity contribution in [1.29, 1.82) is 0 Å². The number of benzene rings is 1. The first-order chi connectivity index (χ1) is 14.3. The number of nitrogens with zero attached hydrogens (tertiary/aromatic N) is 3. The first kappa shape index (κ1) is 20.8. The third-order valence-corrected chi connectivity index (χ3v) is 7.54. The number of aromatic nitrogens is 2. The molecule has 2 aromatic heterocycles. The van der Waals surface area contributed by atoms with Crippen molar-refractivity contribution in [1.82, 2.24) is 19.0 Å². The highest BCUT2D eigenvalue weighted by molar-refractivity contribution is 7.89. The minimum absolute atomic E-state index is 0.194. The fourth-order valence-corrected chi connectivity index (χ4v) is 5.57. The molecule has 3 heterocycles. The van der Waals surface area contributed by atoms with E-state index in [0.29, 0.717) is 34.9 Å². The lowest BCUT2D eigenvalue weighted by Gasteiger charge is -2.26. The lowest BCUT2D eigenvalue weighted by molar-refractivity contribution is 0.0950. The largest absolute Gasteiger partial charge is 0.346 e. The fraction of sp³-hybridized carbons (Fsp3) is 0.333. The Balaban J connectivity index is 1.51. The Kier molecular flexibility index (Phi) is 5.81. The fourth-order valence-electron chi connectivity index (χ4n) is 3.64. The van der Waals surface area contributed by atoms with Gasteiger partial charge in [-0.1, -0.05) is 24.1 Å². The van der Waals surface area contributed by atoms with E-state index in [2.05, 4.69) is 10.3 Å². The van der Waals surface area contributed by atoms with Gasteiger partial charge in [-0.3, -0.25) is 4.79 Å². The average molecular weight is 447 g/mol. The summed E-state index contributed by atoms with van der Waals surface area (Å²) in [4.78, 5) is 17.3. The van der Waals surface area contributed by atoms with Crippen LogP contribution in [0.2, 0.25) is 5.02 Å². The summed E-state index contributed by atoms with van der Waals surface area (Å²) >= 11 is 5.99. The van der Waals surface area contributed by atoms with E-state index < -0.39 is 10.0 Å². The van der Waals surface area contributed by atoms with Crippen molar-refractivity contribution in [2.75, 3.05) is 13.1 Å². The van der Waals surface area contributed by atoms with E-state index in [0.717, 1.165) is 24.9 Å². The number of amides is 1. The Morgan fingerprint density at radius 3 is 2.67 bits per heavy atom. The number of carbonyl (C=O) groups is 1. The Labute approximate surface area is 180 Å². The number of hydrogen-bond acceptors (Lipinski definition) is 4. The molecule has 1 amide bonds. The topological polar surface area (TPSA) is 83.8 Å². The predicted octanol–water partition coefficient (Wildman–Crippen LogP) is 3.40. The molecule has 0 spiro atoms. The van der Waals surface area contributed by atoms with Crippen molar-refractivity contribution in [3.63, 3.8) is 0 Å². The van der Waals surface area contributed by atoms with E-state index >= 15 is 0 Å². The number of halogens is 1. The summed E-state index contributed by atoms with van der Waals surface area (Å²) in [6.07, 6.45) is 6.31. The molecule has 0 bridgehead atoms. The molecule has 1 fully saturated rings. The molecule has 0 saturated carbocycles. The Morgan fingerprint density at radius 2 is 1.90 bits per heavy atom. The summed E-state index contributed by atoms with van der Waals surface area (Å²) in [5.74, 6) is -0.347. The van der Waals surface area contributed by atoms with Gasteiger partial charge in [0.2, 0.25) is 10.0 Å². The molecular weight excluding hydrogens is 424 g/mol. The maximum Gasteiger partial charge on any atom is 0.251 e. The van der Waals surface area contributed by atoms with Gasteiger partial charge < -0.3 is 9.72 Å². The van der Waals surface area contributed by atoms with Crippen LogP contribution in [0.1, 0.15) is 40.9 Å². The maximum atomic E-state index is 13.1. The SMILES string of the molecule is Cc1ccc(C(=O)NCc2cn3cc(Cl)ccc3n2)cc1S(=O)(=O)N1CCCCC1. The van der Waals surface area contributed by atoms with Gasteiger partial charge in [0, 0.05) is 31.0 Å². The summed E-state index contributed by atoms with van der Waals surface area (Å²) in [5, 5.41) is 3.41. The second-order valence-corrected chi connectivity index (χ2v) is 9.82. The third kappa shape index (κ3) is 4.21. The van der Waals surface area contributed by atoms with E-state index in [9.17, 15) is 13.2 Å². The number of hydrogen-bond donors (Lipinski definition) is 1. The second-order valence-electron chi connectivity index (χ2n) is 7.47. The molecule has 158 valence electrons. The molecule has 9 heteroatoms. The molecular formula is C21H23ClN4O3S. The molecule has 1 N–H and O–H groups in total. The van der Waals surface area contributed by atoms with Gasteiger partial charge in [0.25, 0.3) is 5.91 Å². The molecule has 7 nitrogen and oxygen atoms in total. The quantitative estimate of drug-likeness (QED) is 0.651.